The van der Waals surface area contributed by atoms with Crippen molar-refractivity contribution in [2.75, 3.05) is 16.9 Å². The van der Waals surface area contributed by atoms with Gasteiger partial charge >= 0.3 is 0 Å². The Kier molecular flexibility index (Phi) is 4.75. The summed E-state index contributed by atoms with van der Waals surface area (Å²) in [6, 6.07) is 7.89. The summed E-state index contributed by atoms with van der Waals surface area (Å²) in [7, 11) is 0. The average molecular weight is 319 g/mol. The molecule has 0 spiro atoms. The van der Waals surface area contributed by atoms with E-state index in [0.717, 1.165) is 5.69 Å². The summed E-state index contributed by atoms with van der Waals surface area (Å²) in [5.41, 5.74) is 2.11. The van der Waals surface area contributed by atoms with Crippen LogP contribution in [-0.4, -0.2) is 26.5 Å². The quantitative estimate of drug-likeness (QED) is 0.667. The number of rotatable bonds is 4. The molecule has 0 unspecified atom stereocenters. The van der Waals surface area contributed by atoms with Crippen LogP contribution >= 0.6 is 11.8 Å². The summed E-state index contributed by atoms with van der Waals surface area (Å²) in [6.07, 6.45) is 0. The van der Waals surface area contributed by atoms with Crippen molar-refractivity contribution in [2.24, 2.45) is 0 Å². The number of nitrogen functional groups attached to an aromatic ring is 1. The molecule has 0 aliphatic rings. The Labute approximate surface area is 134 Å². The summed E-state index contributed by atoms with van der Waals surface area (Å²) < 4.78 is 1.37. The van der Waals surface area contributed by atoms with Crippen molar-refractivity contribution in [3.05, 3.63) is 35.7 Å². The minimum Gasteiger partial charge on any atom is -0.336 e. The highest BCUT2D eigenvalue weighted by molar-refractivity contribution is 7.99. The molecule has 2 rings (SSSR count). The van der Waals surface area contributed by atoms with E-state index in [1.54, 1.807) is 6.92 Å². The van der Waals surface area contributed by atoms with Gasteiger partial charge in [-0.25, -0.2) is 4.68 Å². The largest absolute Gasteiger partial charge is 0.336 e. The lowest BCUT2D eigenvalue weighted by Crippen LogP contribution is -2.17. The third-order valence-electron chi connectivity index (χ3n) is 3.20. The minimum atomic E-state index is -0.103. The molecule has 2 aromatic rings. The van der Waals surface area contributed by atoms with Gasteiger partial charge in [0.15, 0.2) is 0 Å². The molecule has 1 heterocycles. The maximum Gasteiger partial charge on any atom is 0.234 e. The number of carbonyl (C=O) groups is 1. The second-order valence-electron chi connectivity index (χ2n) is 6.06. The summed E-state index contributed by atoms with van der Waals surface area (Å²) >= 11 is 1.25. The molecule has 22 heavy (non-hydrogen) atoms. The lowest BCUT2D eigenvalue weighted by atomic mass is 9.87. The molecule has 118 valence electrons. The zero-order chi connectivity index (χ0) is 16.3. The smallest absolute Gasteiger partial charge is 0.234 e. The van der Waals surface area contributed by atoms with Crippen molar-refractivity contribution >= 4 is 23.4 Å². The first-order chi connectivity index (χ1) is 10.3. The zero-order valence-electron chi connectivity index (χ0n) is 13.3. The SMILES string of the molecule is Cc1nnc(SCC(=O)Nc2ccc(C(C)(C)C)cc2)n1N. The summed E-state index contributed by atoms with van der Waals surface area (Å²) in [5.74, 6) is 6.48. The number of benzene rings is 1. The van der Waals surface area contributed by atoms with Gasteiger partial charge in [-0.2, -0.15) is 0 Å². The van der Waals surface area contributed by atoms with Gasteiger partial charge in [-0.15, -0.1) is 10.2 Å². The first-order valence-corrected chi connectivity index (χ1v) is 7.96. The molecule has 0 saturated heterocycles. The molecule has 0 aliphatic heterocycles. The molecule has 3 N–H and O–H groups in total. The van der Waals surface area contributed by atoms with Crippen molar-refractivity contribution in [2.45, 2.75) is 38.3 Å². The fourth-order valence-electron chi connectivity index (χ4n) is 1.83. The van der Waals surface area contributed by atoms with E-state index < -0.39 is 0 Å². The van der Waals surface area contributed by atoms with E-state index in [1.165, 1.54) is 22.0 Å². The molecule has 0 fully saturated rings. The number of nitrogens with one attached hydrogen (secondary N) is 1. The Morgan fingerprint density at radius 3 is 2.41 bits per heavy atom. The van der Waals surface area contributed by atoms with Crippen LogP contribution in [0.1, 0.15) is 32.2 Å². The maximum atomic E-state index is 12.0. The van der Waals surface area contributed by atoms with Crippen LogP contribution in [0.15, 0.2) is 29.4 Å². The van der Waals surface area contributed by atoms with Crippen LogP contribution < -0.4 is 11.2 Å². The van der Waals surface area contributed by atoms with Gasteiger partial charge in [-0.1, -0.05) is 44.7 Å². The predicted molar refractivity (Wildman–Crippen MR) is 89.4 cm³/mol. The molecule has 0 saturated carbocycles. The number of amides is 1. The minimum absolute atomic E-state index is 0.0987. The van der Waals surface area contributed by atoms with E-state index in [4.69, 9.17) is 5.84 Å². The Morgan fingerprint density at radius 1 is 1.27 bits per heavy atom. The van der Waals surface area contributed by atoms with E-state index in [-0.39, 0.29) is 17.1 Å². The highest BCUT2D eigenvalue weighted by atomic mass is 32.2. The van der Waals surface area contributed by atoms with Gasteiger partial charge in [-0.3, -0.25) is 4.79 Å². The van der Waals surface area contributed by atoms with Gasteiger partial charge in [0.1, 0.15) is 5.82 Å². The van der Waals surface area contributed by atoms with Crippen molar-refractivity contribution in [1.82, 2.24) is 14.9 Å². The van der Waals surface area contributed by atoms with Crippen LogP contribution in [0.2, 0.25) is 0 Å². The zero-order valence-corrected chi connectivity index (χ0v) is 14.1. The lowest BCUT2D eigenvalue weighted by Gasteiger charge is -2.19. The first-order valence-electron chi connectivity index (χ1n) is 6.97. The number of nitrogens with two attached hydrogens (primary N) is 1. The topological polar surface area (TPSA) is 85.8 Å². The molecule has 6 nitrogen and oxygen atoms in total. The molecule has 1 amide bonds. The molecule has 0 radical (unpaired) electrons. The van der Waals surface area contributed by atoms with E-state index in [0.29, 0.717) is 11.0 Å². The second-order valence-corrected chi connectivity index (χ2v) is 7.01. The fraction of sp³-hybridized carbons (Fsp3) is 0.400. The highest BCUT2D eigenvalue weighted by Crippen LogP contribution is 2.23. The number of anilines is 1. The molecule has 0 atom stereocenters. The van der Waals surface area contributed by atoms with Crippen LogP contribution in [0.25, 0.3) is 0 Å². The number of nitrogens with zero attached hydrogens (tertiary/aromatic N) is 3. The van der Waals surface area contributed by atoms with E-state index in [2.05, 4.69) is 36.3 Å². The first kappa shape index (κ1) is 16.4. The monoisotopic (exact) mass is 319 g/mol. The van der Waals surface area contributed by atoms with Crippen molar-refractivity contribution in [3.8, 4) is 0 Å². The second kappa shape index (κ2) is 6.39. The molecule has 7 heteroatoms. The number of aryl methyl sites for hydroxylation is 1. The van der Waals surface area contributed by atoms with Crippen LogP contribution in [-0.2, 0) is 10.2 Å². The summed E-state index contributed by atoms with van der Waals surface area (Å²) in [4.78, 5) is 12.0. The van der Waals surface area contributed by atoms with Crippen molar-refractivity contribution in [1.29, 1.82) is 0 Å². The molecule has 1 aromatic carbocycles. The normalized spacial score (nSPS) is 11.5. The average Bonchev–Trinajstić information content (AvgIpc) is 2.76. The molecule has 0 aliphatic carbocycles. The molecule has 0 bridgehead atoms. The van der Waals surface area contributed by atoms with Gasteiger partial charge < -0.3 is 11.2 Å². The van der Waals surface area contributed by atoms with Crippen LogP contribution in [0.4, 0.5) is 5.69 Å². The number of thioether (sulfide) groups is 1. The molecular formula is C15H21N5OS. The van der Waals surface area contributed by atoms with E-state index in [1.807, 2.05) is 24.3 Å². The van der Waals surface area contributed by atoms with Gasteiger partial charge in [0.25, 0.3) is 0 Å². The maximum absolute atomic E-state index is 12.0. The lowest BCUT2D eigenvalue weighted by molar-refractivity contribution is -0.113. The van der Waals surface area contributed by atoms with Crippen LogP contribution in [0, 0.1) is 6.92 Å². The van der Waals surface area contributed by atoms with E-state index in [9.17, 15) is 4.79 Å². The van der Waals surface area contributed by atoms with Crippen molar-refractivity contribution in [3.63, 3.8) is 0 Å². The number of carbonyl (C=O) groups excluding carboxylic acids is 1. The third-order valence-corrected chi connectivity index (χ3v) is 4.15. The number of hydrogen-bond donors (Lipinski definition) is 2. The third kappa shape index (κ3) is 4.00. The van der Waals surface area contributed by atoms with E-state index >= 15 is 0 Å². The highest BCUT2D eigenvalue weighted by Gasteiger charge is 2.13. The Morgan fingerprint density at radius 2 is 1.91 bits per heavy atom. The predicted octanol–water partition coefficient (Wildman–Crippen LogP) is 2.33. The molecule has 1 aromatic heterocycles. The van der Waals surface area contributed by atoms with Crippen LogP contribution in [0.3, 0.4) is 0 Å². The van der Waals surface area contributed by atoms with Crippen molar-refractivity contribution < 1.29 is 4.79 Å². The van der Waals surface area contributed by atoms with Crippen LogP contribution in [0.5, 0.6) is 0 Å². The molecular weight excluding hydrogens is 298 g/mol. The Hall–Kier alpha value is -2.02. The van der Waals surface area contributed by atoms with Gasteiger partial charge in [-0.05, 0) is 30.0 Å². The Bertz CT molecular complexity index is 658. The fourth-order valence-corrected chi connectivity index (χ4v) is 2.53. The van der Waals surface area contributed by atoms with Gasteiger partial charge in [0.2, 0.25) is 11.1 Å². The standard InChI is InChI=1S/C15H21N5OS/c1-10-18-19-14(20(10)16)22-9-13(21)17-12-7-5-11(6-8-12)15(2,3)4/h5-8H,9,16H2,1-4H3,(H,17,21). The number of aromatic nitrogens is 3. The summed E-state index contributed by atoms with van der Waals surface area (Å²) in [5, 5.41) is 11.1. The van der Waals surface area contributed by atoms with Gasteiger partial charge in [0, 0.05) is 5.69 Å². The Balaban J connectivity index is 1.91. The summed E-state index contributed by atoms with van der Waals surface area (Å²) in [6.45, 7) is 8.22. The number of hydrogen-bond acceptors (Lipinski definition) is 5. The van der Waals surface area contributed by atoms with Gasteiger partial charge in [0.05, 0.1) is 5.75 Å².